The van der Waals surface area contributed by atoms with Crippen LogP contribution in [-0.2, 0) is 22.6 Å². The van der Waals surface area contributed by atoms with E-state index in [1.807, 2.05) is 12.1 Å². The molecular weight excluding hydrogens is 521 g/mol. The van der Waals surface area contributed by atoms with Crippen molar-refractivity contribution in [3.8, 4) is 0 Å². The van der Waals surface area contributed by atoms with E-state index in [2.05, 4.69) is 69.0 Å². The molecule has 0 aromatic heterocycles. The molecule has 2 saturated heterocycles. The van der Waals surface area contributed by atoms with Gasteiger partial charge in [0.2, 0.25) is 11.8 Å². The predicted octanol–water partition coefficient (Wildman–Crippen LogP) is 2.40. The number of piperazine rings is 1. The first-order valence-electron chi connectivity index (χ1n) is 12.0. The first kappa shape index (κ1) is 32.2. The maximum absolute atomic E-state index is 13.5. The van der Waals surface area contributed by atoms with Gasteiger partial charge in [-0.05, 0) is 30.4 Å². The Balaban J connectivity index is 0.00000216. The Hall–Kier alpha value is -1.87. The third kappa shape index (κ3) is 8.91. The summed E-state index contributed by atoms with van der Waals surface area (Å²) < 4.78 is 0. The van der Waals surface area contributed by atoms with E-state index in [1.165, 1.54) is 11.1 Å². The van der Waals surface area contributed by atoms with Gasteiger partial charge in [-0.1, -0.05) is 60.7 Å². The second kappa shape index (κ2) is 16.1. The van der Waals surface area contributed by atoms with Crippen LogP contribution in [0.25, 0.3) is 0 Å². The van der Waals surface area contributed by atoms with Crippen LogP contribution < -0.4 is 16.4 Å². The molecule has 200 valence electrons. The maximum atomic E-state index is 13.5. The summed E-state index contributed by atoms with van der Waals surface area (Å²) in [6, 6.07) is 20.9. The van der Waals surface area contributed by atoms with Gasteiger partial charge in [0, 0.05) is 44.8 Å². The van der Waals surface area contributed by atoms with E-state index in [0.29, 0.717) is 13.0 Å². The summed E-state index contributed by atoms with van der Waals surface area (Å²) in [6.45, 7) is 3.93. The second-order valence-electron chi connectivity index (χ2n) is 9.10. The first-order valence-corrected chi connectivity index (χ1v) is 12.0. The van der Waals surface area contributed by atoms with Crippen LogP contribution in [0.1, 0.15) is 24.0 Å². The van der Waals surface area contributed by atoms with Gasteiger partial charge in [-0.2, -0.15) is 0 Å². The number of carbonyl (C=O) groups is 2. The molecule has 4 N–H and O–H groups in total. The van der Waals surface area contributed by atoms with Crippen molar-refractivity contribution >= 4 is 49.0 Å². The zero-order valence-corrected chi connectivity index (χ0v) is 22.8. The minimum atomic E-state index is -0.257. The number of halogens is 3. The molecule has 0 radical (unpaired) electrons. The number of nitrogens with two attached hydrogens (primary N) is 1. The highest BCUT2D eigenvalue weighted by atomic mass is 35.5. The van der Waals surface area contributed by atoms with Gasteiger partial charge in [-0.15, -0.1) is 37.2 Å². The minimum Gasteiger partial charge on any atom is -0.351 e. The van der Waals surface area contributed by atoms with Gasteiger partial charge in [0.25, 0.3) is 0 Å². The molecule has 0 saturated carbocycles. The van der Waals surface area contributed by atoms with Crippen LogP contribution in [0, 0.1) is 0 Å². The molecular formula is C26H38Cl3N5O2. The molecule has 2 amide bonds. The van der Waals surface area contributed by atoms with E-state index in [4.69, 9.17) is 5.73 Å². The summed E-state index contributed by atoms with van der Waals surface area (Å²) >= 11 is 0. The Morgan fingerprint density at radius 3 is 2.22 bits per heavy atom. The molecule has 2 aliphatic rings. The summed E-state index contributed by atoms with van der Waals surface area (Å²) in [4.78, 5) is 29.7. The monoisotopic (exact) mass is 557 g/mol. The number of aryl methyl sites for hydroxylation is 1. The average molecular weight is 559 g/mol. The van der Waals surface area contributed by atoms with Crippen LogP contribution >= 0.6 is 37.2 Å². The molecule has 2 fully saturated rings. The highest BCUT2D eigenvalue weighted by molar-refractivity contribution is 5.86. The summed E-state index contributed by atoms with van der Waals surface area (Å²) in [5.74, 6) is -0.0258. The Bertz CT molecular complexity index is 922. The fraction of sp³-hybridized carbons (Fsp3) is 0.462. The van der Waals surface area contributed by atoms with E-state index < -0.39 is 0 Å². The Labute approximate surface area is 232 Å². The Kier molecular flexibility index (Phi) is 14.4. The molecule has 2 aromatic rings. The van der Waals surface area contributed by atoms with E-state index >= 15 is 0 Å². The molecule has 36 heavy (non-hydrogen) atoms. The molecule has 7 nitrogen and oxygen atoms in total. The lowest BCUT2D eigenvalue weighted by atomic mass is 10.00. The highest BCUT2D eigenvalue weighted by Gasteiger charge is 2.37. The third-order valence-corrected chi connectivity index (χ3v) is 6.69. The predicted molar refractivity (Wildman–Crippen MR) is 151 cm³/mol. The summed E-state index contributed by atoms with van der Waals surface area (Å²) in [7, 11) is 0. The van der Waals surface area contributed by atoms with Crippen molar-refractivity contribution in [3.05, 3.63) is 71.8 Å². The van der Waals surface area contributed by atoms with Crippen molar-refractivity contribution in [2.24, 2.45) is 5.73 Å². The fourth-order valence-electron chi connectivity index (χ4n) is 4.94. The lowest BCUT2D eigenvalue weighted by molar-refractivity contribution is -0.138. The van der Waals surface area contributed by atoms with Crippen LogP contribution in [0.5, 0.6) is 0 Å². The Morgan fingerprint density at radius 2 is 1.58 bits per heavy atom. The lowest BCUT2D eigenvalue weighted by Gasteiger charge is -2.42. The number of carbonyl (C=O) groups excluding carboxylic acids is 2. The van der Waals surface area contributed by atoms with Gasteiger partial charge in [-0.3, -0.25) is 14.5 Å². The molecule has 2 aromatic carbocycles. The average Bonchev–Trinajstić information content (AvgIpc) is 3.32. The molecule has 0 spiro atoms. The van der Waals surface area contributed by atoms with E-state index in [9.17, 15) is 9.59 Å². The third-order valence-electron chi connectivity index (χ3n) is 6.69. The molecule has 2 aliphatic heterocycles. The van der Waals surface area contributed by atoms with Gasteiger partial charge < -0.3 is 21.3 Å². The van der Waals surface area contributed by atoms with Crippen LogP contribution in [0.3, 0.4) is 0 Å². The van der Waals surface area contributed by atoms with Crippen LogP contribution in [0.4, 0.5) is 0 Å². The molecule has 10 heteroatoms. The van der Waals surface area contributed by atoms with Gasteiger partial charge in [-0.25, -0.2) is 0 Å². The van der Waals surface area contributed by atoms with Crippen molar-refractivity contribution in [1.82, 2.24) is 20.4 Å². The molecule has 0 aliphatic carbocycles. The van der Waals surface area contributed by atoms with E-state index in [0.717, 1.165) is 39.0 Å². The molecule has 0 bridgehead atoms. The van der Waals surface area contributed by atoms with Crippen molar-refractivity contribution in [1.29, 1.82) is 0 Å². The van der Waals surface area contributed by atoms with Gasteiger partial charge in [0.15, 0.2) is 0 Å². The highest BCUT2D eigenvalue weighted by Crippen LogP contribution is 2.21. The summed E-state index contributed by atoms with van der Waals surface area (Å²) in [6.07, 6.45) is 2.49. The van der Waals surface area contributed by atoms with E-state index in [-0.39, 0.29) is 73.7 Å². The Morgan fingerprint density at radius 1 is 0.944 bits per heavy atom. The van der Waals surface area contributed by atoms with Crippen LogP contribution in [-0.4, -0.2) is 72.5 Å². The number of hydrogen-bond acceptors (Lipinski definition) is 5. The number of nitrogens with zero attached hydrogens (tertiary/aromatic N) is 2. The second-order valence-corrected chi connectivity index (χ2v) is 9.10. The van der Waals surface area contributed by atoms with E-state index in [1.54, 1.807) is 0 Å². The first-order chi connectivity index (χ1) is 16.1. The van der Waals surface area contributed by atoms with Crippen molar-refractivity contribution in [2.75, 3.05) is 32.7 Å². The smallest absolute Gasteiger partial charge is 0.240 e. The van der Waals surface area contributed by atoms with Crippen molar-refractivity contribution in [2.45, 2.75) is 43.9 Å². The summed E-state index contributed by atoms with van der Waals surface area (Å²) in [5, 5.41) is 6.22. The minimum absolute atomic E-state index is 0. The number of benzene rings is 2. The number of nitrogens with one attached hydrogen (secondary N) is 2. The molecule has 3 atom stereocenters. The standard InChI is InChI=1S/C26H35N5O2.3ClH/c27-16-25(32)29-22-15-24(28-17-22)26(33)31-14-13-30(18-21-9-5-2-6-10-21)19-23(31)12-11-20-7-3-1-4-8-20;;;/h1-10,22-24,28H,11-19,27H2,(H,29,32);3*1H/t22?,23-,24+;;;/m1.../s1. The number of rotatable bonds is 8. The van der Waals surface area contributed by atoms with Gasteiger partial charge >= 0.3 is 0 Å². The molecule has 2 heterocycles. The van der Waals surface area contributed by atoms with Crippen molar-refractivity contribution in [3.63, 3.8) is 0 Å². The number of amides is 2. The fourth-order valence-corrected chi connectivity index (χ4v) is 4.94. The normalized spacial score (nSPS) is 21.5. The SMILES string of the molecule is Cl.Cl.Cl.NCC(=O)NC1CN[C@H](C(=O)N2CCN(Cc3ccccc3)C[C@H]2CCc2ccccc2)C1. The van der Waals surface area contributed by atoms with Crippen LogP contribution in [0.15, 0.2) is 60.7 Å². The quantitative estimate of drug-likeness (QED) is 0.463. The van der Waals surface area contributed by atoms with Gasteiger partial charge in [0.05, 0.1) is 12.6 Å². The van der Waals surface area contributed by atoms with Crippen molar-refractivity contribution < 1.29 is 9.59 Å². The molecule has 4 rings (SSSR count). The maximum Gasteiger partial charge on any atom is 0.240 e. The van der Waals surface area contributed by atoms with Crippen LogP contribution in [0.2, 0.25) is 0 Å². The lowest BCUT2D eigenvalue weighted by Crippen LogP contribution is -2.58. The topological polar surface area (TPSA) is 90.7 Å². The van der Waals surface area contributed by atoms with Gasteiger partial charge in [0.1, 0.15) is 0 Å². The summed E-state index contributed by atoms with van der Waals surface area (Å²) in [5.41, 5.74) is 8.02. The zero-order valence-electron chi connectivity index (χ0n) is 20.4. The zero-order chi connectivity index (χ0) is 23.0. The number of hydrogen-bond donors (Lipinski definition) is 3. The molecule has 1 unspecified atom stereocenters. The largest absolute Gasteiger partial charge is 0.351 e.